The average Bonchev–Trinajstić information content (AvgIpc) is 4.14. The molecule has 0 bridgehead atoms. The fourth-order valence-electron chi connectivity index (χ4n) is 9.85. The summed E-state index contributed by atoms with van der Waals surface area (Å²) in [5.74, 6) is -0.933. The fourth-order valence-corrected chi connectivity index (χ4v) is 9.85. The van der Waals surface area contributed by atoms with E-state index in [-0.39, 0.29) is 31.1 Å². The standard InChI is InChI=1S/C56H100O10/c1-4-7-10-12-17-25-34-46-48(63-46)36-27-19-14-22-30-39-54(57)60-43-45(62-56(59)41-32-24-16-20-28-37-49-47(64-49)35-26-18-13-11-8-5-2)44-61-55(58)40-31-23-15-21-29-38-51-53(66-51)42-52-50(65-52)33-9-6-3/h45-53H,4-44H2,1-3H3. The summed E-state index contributed by atoms with van der Waals surface area (Å²) < 4.78 is 40.4. The van der Waals surface area contributed by atoms with E-state index in [0.29, 0.717) is 68.1 Å². The Labute approximate surface area is 403 Å². The second kappa shape index (κ2) is 36.2. The van der Waals surface area contributed by atoms with Crippen LogP contribution in [0.5, 0.6) is 0 Å². The first-order valence-corrected chi connectivity index (χ1v) is 28.5. The number of ether oxygens (including phenoxy) is 7. The van der Waals surface area contributed by atoms with E-state index in [1.165, 1.54) is 122 Å². The highest BCUT2D eigenvalue weighted by Crippen LogP contribution is 2.39. The molecule has 4 aliphatic rings. The summed E-state index contributed by atoms with van der Waals surface area (Å²) in [6.07, 6.45) is 45.7. The zero-order valence-corrected chi connectivity index (χ0v) is 42.8. The SMILES string of the molecule is CCCCCCCCC1OC1CCCCCCCC(=O)OCC(COC(=O)CCCCCCCC1OC1CC1OC1CCCC)OC(=O)CCCCCCCC1OC1CCCCCCCC. The van der Waals surface area contributed by atoms with Crippen LogP contribution in [0.2, 0.25) is 0 Å². The first-order chi connectivity index (χ1) is 32.4. The van der Waals surface area contributed by atoms with Gasteiger partial charge in [-0.1, -0.05) is 188 Å². The third-order valence-electron chi connectivity index (χ3n) is 14.5. The van der Waals surface area contributed by atoms with Gasteiger partial charge in [0.05, 0.1) is 48.8 Å². The van der Waals surface area contributed by atoms with E-state index in [1.54, 1.807) is 0 Å². The van der Waals surface area contributed by atoms with Crippen LogP contribution in [0.4, 0.5) is 0 Å². The topological polar surface area (TPSA) is 129 Å². The molecule has 66 heavy (non-hydrogen) atoms. The van der Waals surface area contributed by atoms with Crippen LogP contribution in [0.25, 0.3) is 0 Å². The van der Waals surface area contributed by atoms with Crippen molar-refractivity contribution < 1.29 is 47.5 Å². The Morgan fingerprint density at radius 1 is 0.333 bits per heavy atom. The molecule has 4 saturated heterocycles. The van der Waals surface area contributed by atoms with Crippen molar-refractivity contribution in [2.75, 3.05) is 13.2 Å². The highest BCUT2D eigenvalue weighted by molar-refractivity contribution is 5.71. The molecular weight excluding hydrogens is 833 g/mol. The lowest BCUT2D eigenvalue weighted by Crippen LogP contribution is -2.30. The lowest BCUT2D eigenvalue weighted by atomic mass is 10.0. The number of carbonyl (C=O) groups excluding carboxylic acids is 3. The molecule has 0 aromatic heterocycles. The molecule has 0 aliphatic carbocycles. The maximum absolute atomic E-state index is 12.9. The summed E-state index contributed by atoms with van der Waals surface area (Å²) in [7, 11) is 0. The maximum atomic E-state index is 12.9. The van der Waals surface area contributed by atoms with Crippen molar-refractivity contribution in [2.45, 2.75) is 326 Å². The van der Waals surface area contributed by atoms with Gasteiger partial charge in [0.1, 0.15) is 13.2 Å². The van der Waals surface area contributed by atoms with Gasteiger partial charge < -0.3 is 33.2 Å². The second-order valence-electron chi connectivity index (χ2n) is 20.7. The summed E-state index contributed by atoms with van der Waals surface area (Å²) in [6.45, 7) is 6.55. The zero-order chi connectivity index (χ0) is 46.9. The van der Waals surface area contributed by atoms with Gasteiger partial charge in [-0.3, -0.25) is 14.4 Å². The van der Waals surface area contributed by atoms with Crippen LogP contribution in [0.3, 0.4) is 0 Å². The van der Waals surface area contributed by atoms with Gasteiger partial charge in [0.15, 0.2) is 6.10 Å². The zero-order valence-electron chi connectivity index (χ0n) is 42.8. The maximum Gasteiger partial charge on any atom is 0.306 e. The fraction of sp³-hybridized carbons (Fsp3) is 0.946. The van der Waals surface area contributed by atoms with E-state index in [4.69, 9.17) is 33.2 Å². The number of carbonyl (C=O) groups is 3. The Bertz CT molecular complexity index is 1240. The van der Waals surface area contributed by atoms with Gasteiger partial charge in [0.2, 0.25) is 0 Å². The van der Waals surface area contributed by atoms with E-state index in [2.05, 4.69) is 20.8 Å². The van der Waals surface area contributed by atoms with Gasteiger partial charge in [0.25, 0.3) is 0 Å². The minimum absolute atomic E-state index is 0.0963. The number of hydrogen-bond acceptors (Lipinski definition) is 10. The minimum atomic E-state index is -0.801. The molecule has 0 radical (unpaired) electrons. The normalized spacial score (nSPS) is 24.2. The van der Waals surface area contributed by atoms with Gasteiger partial charge in [-0.15, -0.1) is 0 Å². The van der Waals surface area contributed by atoms with Gasteiger partial charge in [0, 0.05) is 25.7 Å². The summed E-state index contributed by atoms with van der Waals surface area (Å²) >= 11 is 0. The molecule has 0 aromatic carbocycles. The van der Waals surface area contributed by atoms with Crippen LogP contribution in [0.15, 0.2) is 0 Å². The average molecular weight is 933 g/mol. The van der Waals surface area contributed by atoms with E-state index in [1.807, 2.05) is 0 Å². The Kier molecular flexibility index (Phi) is 31.2. The van der Waals surface area contributed by atoms with E-state index >= 15 is 0 Å². The molecule has 4 rings (SSSR count). The molecule has 384 valence electrons. The molecule has 0 N–H and O–H groups in total. The third-order valence-corrected chi connectivity index (χ3v) is 14.5. The monoisotopic (exact) mass is 933 g/mol. The summed E-state index contributed by atoms with van der Waals surface area (Å²) in [4.78, 5) is 38.3. The molecule has 0 amide bonds. The third kappa shape index (κ3) is 28.7. The van der Waals surface area contributed by atoms with E-state index < -0.39 is 6.10 Å². The Hall–Kier alpha value is -1.75. The molecule has 9 unspecified atom stereocenters. The summed E-state index contributed by atoms with van der Waals surface area (Å²) in [5, 5.41) is 0. The van der Waals surface area contributed by atoms with Crippen LogP contribution in [-0.4, -0.2) is 86.1 Å². The Morgan fingerprint density at radius 3 is 0.970 bits per heavy atom. The predicted octanol–water partition coefficient (Wildman–Crippen LogP) is 14.3. The van der Waals surface area contributed by atoms with Gasteiger partial charge in [-0.25, -0.2) is 0 Å². The van der Waals surface area contributed by atoms with Crippen molar-refractivity contribution in [1.82, 2.24) is 0 Å². The highest BCUT2D eigenvalue weighted by Gasteiger charge is 2.47. The van der Waals surface area contributed by atoms with E-state index in [9.17, 15) is 14.4 Å². The molecule has 9 atom stereocenters. The lowest BCUT2D eigenvalue weighted by molar-refractivity contribution is -0.167. The van der Waals surface area contributed by atoms with Crippen molar-refractivity contribution in [3.8, 4) is 0 Å². The van der Waals surface area contributed by atoms with Crippen LogP contribution in [0, 0.1) is 0 Å². The molecular formula is C56H100O10. The first-order valence-electron chi connectivity index (χ1n) is 28.5. The lowest BCUT2D eigenvalue weighted by Gasteiger charge is -2.18. The van der Waals surface area contributed by atoms with Crippen molar-refractivity contribution >= 4 is 17.9 Å². The van der Waals surface area contributed by atoms with Crippen LogP contribution >= 0.6 is 0 Å². The molecule has 4 fully saturated rings. The van der Waals surface area contributed by atoms with Gasteiger partial charge in [-0.05, 0) is 57.8 Å². The van der Waals surface area contributed by atoms with Crippen molar-refractivity contribution in [2.24, 2.45) is 0 Å². The van der Waals surface area contributed by atoms with Crippen LogP contribution < -0.4 is 0 Å². The van der Waals surface area contributed by atoms with Gasteiger partial charge >= 0.3 is 17.9 Å². The molecule has 10 heteroatoms. The minimum Gasteiger partial charge on any atom is -0.462 e. The molecule has 0 saturated carbocycles. The number of hydrogen-bond donors (Lipinski definition) is 0. The largest absolute Gasteiger partial charge is 0.462 e. The molecule has 0 aromatic rings. The van der Waals surface area contributed by atoms with Crippen molar-refractivity contribution in [1.29, 1.82) is 0 Å². The molecule has 4 aliphatic heterocycles. The summed E-state index contributed by atoms with van der Waals surface area (Å²) in [6, 6.07) is 0. The molecule has 10 nitrogen and oxygen atoms in total. The summed E-state index contributed by atoms with van der Waals surface area (Å²) in [5.41, 5.74) is 0. The second-order valence-corrected chi connectivity index (χ2v) is 20.7. The Morgan fingerprint density at radius 2 is 0.606 bits per heavy atom. The van der Waals surface area contributed by atoms with Crippen LogP contribution in [-0.2, 0) is 47.5 Å². The molecule has 0 spiro atoms. The number of rotatable bonds is 48. The van der Waals surface area contributed by atoms with Crippen molar-refractivity contribution in [3.05, 3.63) is 0 Å². The predicted molar refractivity (Wildman–Crippen MR) is 264 cm³/mol. The van der Waals surface area contributed by atoms with Crippen molar-refractivity contribution in [3.63, 3.8) is 0 Å². The van der Waals surface area contributed by atoms with E-state index in [0.717, 1.165) is 109 Å². The smallest absolute Gasteiger partial charge is 0.306 e. The quantitative estimate of drug-likeness (QED) is 0.0252. The van der Waals surface area contributed by atoms with Gasteiger partial charge in [-0.2, -0.15) is 0 Å². The first kappa shape index (κ1) is 56.8. The van der Waals surface area contributed by atoms with Crippen LogP contribution in [0.1, 0.15) is 271 Å². The number of esters is 3. The highest BCUT2D eigenvalue weighted by atomic mass is 16.6. The number of unbranched alkanes of at least 4 members (excludes halogenated alkanes) is 23. The molecule has 4 heterocycles. The number of epoxide rings is 4. The Balaban J connectivity index is 1.01.